The minimum absolute atomic E-state index is 0.0284. The fourth-order valence-electron chi connectivity index (χ4n) is 3.69. The van der Waals surface area contributed by atoms with Crippen molar-refractivity contribution in [1.82, 2.24) is 29.6 Å². The molecule has 9 heteroatoms. The van der Waals surface area contributed by atoms with Crippen molar-refractivity contribution in [2.24, 2.45) is 7.05 Å². The number of piperidine rings is 1. The van der Waals surface area contributed by atoms with E-state index in [-0.39, 0.29) is 11.9 Å². The van der Waals surface area contributed by atoms with Crippen molar-refractivity contribution in [2.75, 3.05) is 11.9 Å². The SMILES string of the molecule is Cc1cc(Nc2nc(C)c(C)s2)nc(C2CCCCN2C(=O)C=Cc2cnn(C)c2)n1. The van der Waals surface area contributed by atoms with Crippen LogP contribution < -0.4 is 5.32 Å². The van der Waals surface area contributed by atoms with Gasteiger partial charge in [-0.25, -0.2) is 15.0 Å². The number of anilines is 2. The van der Waals surface area contributed by atoms with Crippen LogP contribution in [0.3, 0.4) is 0 Å². The van der Waals surface area contributed by atoms with Crippen LogP contribution in [0.1, 0.15) is 53.0 Å². The van der Waals surface area contributed by atoms with Gasteiger partial charge in [-0.05, 0) is 46.1 Å². The average Bonchev–Trinajstić information content (AvgIpc) is 3.30. The van der Waals surface area contributed by atoms with Crippen molar-refractivity contribution in [1.29, 1.82) is 0 Å². The first-order chi connectivity index (χ1) is 14.9. The van der Waals surface area contributed by atoms with E-state index >= 15 is 0 Å². The molecule has 0 radical (unpaired) electrons. The van der Waals surface area contributed by atoms with Gasteiger partial charge in [-0.2, -0.15) is 5.10 Å². The molecule has 3 aromatic rings. The zero-order chi connectivity index (χ0) is 22.0. The highest BCUT2D eigenvalue weighted by atomic mass is 32.1. The first-order valence-electron chi connectivity index (χ1n) is 10.4. The molecule has 8 nitrogen and oxygen atoms in total. The van der Waals surface area contributed by atoms with E-state index in [9.17, 15) is 4.79 Å². The maximum atomic E-state index is 13.0. The molecule has 31 heavy (non-hydrogen) atoms. The van der Waals surface area contributed by atoms with E-state index in [4.69, 9.17) is 4.98 Å². The molecule has 1 aliphatic heterocycles. The fraction of sp³-hybridized carbons (Fsp3) is 0.409. The van der Waals surface area contributed by atoms with E-state index in [1.54, 1.807) is 34.4 Å². The highest BCUT2D eigenvalue weighted by Crippen LogP contribution is 2.31. The summed E-state index contributed by atoms with van der Waals surface area (Å²) < 4.78 is 1.72. The molecule has 1 amide bonds. The van der Waals surface area contributed by atoms with Crippen LogP contribution in [-0.4, -0.2) is 42.1 Å². The Morgan fingerprint density at radius 1 is 1.23 bits per heavy atom. The summed E-state index contributed by atoms with van der Waals surface area (Å²) in [5.41, 5.74) is 2.78. The molecule has 0 bridgehead atoms. The van der Waals surface area contributed by atoms with E-state index in [2.05, 4.69) is 27.3 Å². The number of amides is 1. The van der Waals surface area contributed by atoms with Gasteiger partial charge < -0.3 is 10.2 Å². The molecule has 0 aliphatic carbocycles. The van der Waals surface area contributed by atoms with Crippen LogP contribution >= 0.6 is 11.3 Å². The molecule has 162 valence electrons. The lowest BCUT2D eigenvalue weighted by Crippen LogP contribution is -2.38. The van der Waals surface area contributed by atoms with E-state index in [0.29, 0.717) is 18.2 Å². The smallest absolute Gasteiger partial charge is 0.247 e. The predicted molar refractivity (Wildman–Crippen MR) is 122 cm³/mol. The zero-order valence-corrected chi connectivity index (χ0v) is 19.1. The van der Waals surface area contributed by atoms with Crippen molar-refractivity contribution < 1.29 is 4.79 Å². The molecule has 1 atom stereocenters. The molecule has 1 aliphatic rings. The van der Waals surface area contributed by atoms with Crippen LogP contribution in [0.5, 0.6) is 0 Å². The molecule has 1 unspecified atom stereocenters. The molecular weight excluding hydrogens is 410 g/mol. The monoisotopic (exact) mass is 437 g/mol. The van der Waals surface area contributed by atoms with Gasteiger partial charge in [0.2, 0.25) is 5.91 Å². The summed E-state index contributed by atoms with van der Waals surface area (Å²) in [6.45, 7) is 6.70. The van der Waals surface area contributed by atoms with Gasteiger partial charge in [0, 0.05) is 48.1 Å². The Labute approximate surface area is 186 Å². The number of nitrogens with zero attached hydrogens (tertiary/aromatic N) is 6. The second-order valence-corrected chi connectivity index (χ2v) is 9.07. The normalized spacial score (nSPS) is 16.8. The Morgan fingerprint density at radius 3 is 2.77 bits per heavy atom. The van der Waals surface area contributed by atoms with Crippen LogP contribution in [0.15, 0.2) is 24.5 Å². The van der Waals surface area contributed by atoms with Crippen LogP contribution in [0.4, 0.5) is 10.9 Å². The van der Waals surface area contributed by atoms with Crippen molar-refractivity contribution in [3.63, 3.8) is 0 Å². The molecule has 0 aromatic carbocycles. The summed E-state index contributed by atoms with van der Waals surface area (Å²) in [7, 11) is 1.86. The Morgan fingerprint density at radius 2 is 2.06 bits per heavy atom. The second kappa shape index (κ2) is 8.97. The standard InChI is InChI=1S/C22H27N7OS/c1-14-11-19(27-22-25-15(2)16(3)31-22)26-21(24-14)18-7-5-6-10-29(18)20(30)9-8-17-12-23-28(4)13-17/h8-9,11-13,18H,5-7,10H2,1-4H3,(H,24,25,26,27). The van der Waals surface area contributed by atoms with E-state index < -0.39 is 0 Å². The number of rotatable bonds is 5. The quantitative estimate of drug-likeness (QED) is 0.605. The van der Waals surface area contributed by atoms with Crippen molar-refractivity contribution >= 4 is 34.3 Å². The Balaban J connectivity index is 1.56. The number of aromatic nitrogens is 5. The second-order valence-electron chi connectivity index (χ2n) is 7.86. The maximum Gasteiger partial charge on any atom is 0.247 e. The number of aryl methyl sites for hydroxylation is 4. The molecule has 1 saturated heterocycles. The summed E-state index contributed by atoms with van der Waals surface area (Å²) in [6.07, 6.45) is 9.92. The number of carbonyl (C=O) groups excluding carboxylic acids is 1. The molecule has 0 saturated carbocycles. The first kappa shape index (κ1) is 21.2. The third-order valence-electron chi connectivity index (χ3n) is 5.36. The number of hydrogen-bond acceptors (Lipinski definition) is 7. The maximum absolute atomic E-state index is 13.0. The summed E-state index contributed by atoms with van der Waals surface area (Å²) in [4.78, 5) is 30.0. The summed E-state index contributed by atoms with van der Waals surface area (Å²) >= 11 is 1.61. The van der Waals surface area contributed by atoms with E-state index in [1.807, 2.05) is 38.1 Å². The third kappa shape index (κ3) is 4.99. The molecule has 4 heterocycles. The topological polar surface area (TPSA) is 88.8 Å². The van der Waals surface area contributed by atoms with Crippen molar-refractivity contribution in [2.45, 2.75) is 46.1 Å². The minimum atomic E-state index is -0.139. The summed E-state index contributed by atoms with van der Waals surface area (Å²) in [5.74, 6) is 1.36. The largest absolute Gasteiger partial charge is 0.329 e. The minimum Gasteiger partial charge on any atom is -0.329 e. The van der Waals surface area contributed by atoms with Crippen LogP contribution in [0, 0.1) is 20.8 Å². The van der Waals surface area contributed by atoms with Crippen molar-refractivity contribution in [3.05, 3.63) is 52.2 Å². The van der Waals surface area contributed by atoms with Crippen LogP contribution in [0.2, 0.25) is 0 Å². The zero-order valence-electron chi connectivity index (χ0n) is 18.3. The average molecular weight is 438 g/mol. The van der Waals surface area contributed by atoms with E-state index in [1.165, 1.54) is 4.88 Å². The molecule has 1 N–H and O–H groups in total. The van der Waals surface area contributed by atoms with Gasteiger partial charge in [-0.15, -0.1) is 11.3 Å². The van der Waals surface area contributed by atoms with Crippen LogP contribution in [0.25, 0.3) is 6.08 Å². The van der Waals surface area contributed by atoms with Gasteiger partial charge in [0.25, 0.3) is 0 Å². The van der Waals surface area contributed by atoms with Gasteiger partial charge >= 0.3 is 0 Å². The highest BCUT2D eigenvalue weighted by molar-refractivity contribution is 7.15. The summed E-state index contributed by atoms with van der Waals surface area (Å²) in [5, 5.41) is 8.26. The first-order valence-corrected chi connectivity index (χ1v) is 11.2. The molecule has 1 fully saturated rings. The van der Waals surface area contributed by atoms with Crippen molar-refractivity contribution in [3.8, 4) is 0 Å². The fourth-order valence-corrected chi connectivity index (χ4v) is 4.52. The van der Waals surface area contributed by atoms with E-state index in [0.717, 1.165) is 41.3 Å². The van der Waals surface area contributed by atoms with Crippen LogP contribution in [-0.2, 0) is 11.8 Å². The highest BCUT2D eigenvalue weighted by Gasteiger charge is 2.29. The number of likely N-dealkylation sites (tertiary alicyclic amines) is 1. The lowest BCUT2D eigenvalue weighted by atomic mass is 10.0. The molecule has 0 spiro atoms. The number of nitrogens with one attached hydrogen (secondary N) is 1. The van der Waals surface area contributed by atoms with Gasteiger partial charge in [0.15, 0.2) is 11.0 Å². The third-order valence-corrected chi connectivity index (χ3v) is 6.35. The number of carbonyl (C=O) groups is 1. The Kier molecular flexibility index (Phi) is 6.13. The number of hydrogen-bond donors (Lipinski definition) is 1. The molecular formula is C22H27N7OS. The van der Waals surface area contributed by atoms with Gasteiger partial charge in [-0.3, -0.25) is 9.48 Å². The molecule has 4 rings (SSSR count). The predicted octanol–water partition coefficient (Wildman–Crippen LogP) is 4.10. The Hall–Kier alpha value is -3.07. The van der Waals surface area contributed by atoms with Gasteiger partial charge in [0.1, 0.15) is 5.82 Å². The number of thiazole rings is 1. The Bertz CT molecular complexity index is 1100. The summed E-state index contributed by atoms with van der Waals surface area (Å²) in [6, 6.07) is 1.77. The lowest BCUT2D eigenvalue weighted by molar-refractivity contribution is -0.129. The molecule has 3 aromatic heterocycles. The lowest BCUT2D eigenvalue weighted by Gasteiger charge is -2.34. The van der Waals surface area contributed by atoms with Gasteiger partial charge in [-0.1, -0.05) is 0 Å². The van der Waals surface area contributed by atoms with Gasteiger partial charge in [0.05, 0.1) is 17.9 Å².